The first kappa shape index (κ1) is 16.4. The quantitative estimate of drug-likeness (QED) is 0.867. The first-order valence-electron chi connectivity index (χ1n) is 8.08. The average Bonchev–Trinajstić information content (AvgIpc) is 3.13. The van der Waals surface area contributed by atoms with Crippen LogP contribution < -0.4 is 5.73 Å². The standard InChI is InChI=1S/C19H21FN2O2/c1-4-16(23)22-6-5-12(9-22)18-15(20)8-14(19(21)24)13-7-10(2)11(3)17(13)18/h4,8,12H,1,5-7,9H2,2-3H3,(H2,21,24). The summed E-state index contributed by atoms with van der Waals surface area (Å²) in [5.74, 6) is -1.22. The van der Waals surface area contributed by atoms with Gasteiger partial charge in [0.25, 0.3) is 0 Å². The molecule has 0 spiro atoms. The van der Waals surface area contributed by atoms with E-state index in [0.717, 1.165) is 22.3 Å². The van der Waals surface area contributed by atoms with Gasteiger partial charge in [-0.1, -0.05) is 12.2 Å². The predicted molar refractivity (Wildman–Crippen MR) is 91.0 cm³/mol. The van der Waals surface area contributed by atoms with Crippen molar-refractivity contribution < 1.29 is 14.0 Å². The molecule has 2 aliphatic rings. The second kappa shape index (κ2) is 5.89. The molecule has 1 aliphatic heterocycles. The molecular weight excluding hydrogens is 307 g/mol. The SMILES string of the molecule is C=CC(=O)N1CCC(c2c(F)cc(C(N)=O)c3c2C(C)=C(C)C3)C1. The van der Waals surface area contributed by atoms with Crippen LogP contribution in [-0.2, 0) is 11.2 Å². The highest BCUT2D eigenvalue weighted by Crippen LogP contribution is 2.43. The lowest BCUT2D eigenvalue weighted by Gasteiger charge is -2.20. The van der Waals surface area contributed by atoms with Gasteiger partial charge in [-0.25, -0.2) is 4.39 Å². The fraction of sp³-hybridized carbons (Fsp3) is 0.368. The van der Waals surface area contributed by atoms with Gasteiger partial charge in [0.15, 0.2) is 0 Å². The van der Waals surface area contributed by atoms with Crippen molar-refractivity contribution in [2.75, 3.05) is 13.1 Å². The topological polar surface area (TPSA) is 63.4 Å². The third kappa shape index (κ3) is 2.44. The fourth-order valence-corrected chi connectivity index (χ4v) is 3.88. The highest BCUT2D eigenvalue weighted by molar-refractivity contribution is 5.97. The average molecular weight is 328 g/mol. The van der Waals surface area contributed by atoms with E-state index >= 15 is 0 Å². The van der Waals surface area contributed by atoms with Crippen LogP contribution in [0.4, 0.5) is 4.39 Å². The molecule has 1 aromatic rings. The van der Waals surface area contributed by atoms with Crippen molar-refractivity contribution in [3.8, 4) is 0 Å². The summed E-state index contributed by atoms with van der Waals surface area (Å²) in [7, 11) is 0. The summed E-state index contributed by atoms with van der Waals surface area (Å²) in [5.41, 5.74) is 10.1. The summed E-state index contributed by atoms with van der Waals surface area (Å²) in [5, 5.41) is 0. The van der Waals surface area contributed by atoms with Crippen LogP contribution >= 0.6 is 0 Å². The van der Waals surface area contributed by atoms with E-state index in [0.29, 0.717) is 31.5 Å². The first-order valence-corrected chi connectivity index (χ1v) is 8.08. The number of fused-ring (bicyclic) bond motifs is 1. The number of nitrogens with zero attached hydrogens (tertiary/aromatic N) is 1. The third-order valence-corrected chi connectivity index (χ3v) is 5.23. The van der Waals surface area contributed by atoms with Crippen molar-refractivity contribution in [1.29, 1.82) is 0 Å². The molecule has 1 fully saturated rings. The molecule has 1 saturated heterocycles. The first-order chi connectivity index (χ1) is 11.3. The van der Waals surface area contributed by atoms with Crippen LogP contribution in [0.25, 0.3) is 5.57 Å². The smallest absolute Gasteiger partial charge is 0.249 e. The van der Waals surface area contributed by atoms with Gasteiger partial charge in [0, 0.05) is 30.1 Å². The number of allylic oxidation sites excluding steroid dienone is 2. The van der Waals surface area contributed by atoms with Crippen LogP contribution in [0.3, 0.4) is 0 Å². The van der Waals surface area contributed by atoms with E-state index in [-0.39, 0.29) is 17.4 Å². The molecule has 1 aromatic carbocycles. The van der Waals surface area contributed by atoms with Crippen molar-refractivity contribution in [2.45, 2.75) is 32.6 Å². The number of hydrogen-bond donors (Lipinski definition) is 1. The van der Waals surface area contributed by atoms with Crippen LogP contribution in [0.1, 0.15) is 53.2 Å². The largest absolute Gasteiger partial charge is 0.366 e. The number of likely N-dealkylation sites (tertiary alicyclic amines) is 1. The minimum Gasteiger partial charge on any atom is -0.366 e. The Kier molecular flexibility index (Phi) is 4.03. The molecule has 1 heterocycles. The van der Waals surface area contributed by atoms with Gasteiger partial charge in [-0.3, -0.25) is 9.59 Å². The molecule has 3 rings (SSSR count). The normalized spacial score (nSPS) is 19.6. The van der Waals surface area contributed by atoms with Gasteiger partial charge in [-0.15, -0.1) is 0 Å². The zero-order valence-electron chi connectivity index (χ0n) is 14.0. The number of rotatable bonds is 3. The zero-order valence-corrected chi connectivity index (χ0v) is 14.0. The third-order valence-electron chi connectivity index (χ3n) is 5.23. The number of hydrogen-bond acceptors (Lipinski definition) is 2. The minimum atomic E-state index is -0.603. The Morgan fingerprint density at radius 1 is 1.42 bits per heavy atom. The second-order valence-electron chi connectivity index (χ2n) is 6.59. The van der Waals surface area contributed by atoms with Crippen LogP contribution in [0.2, 0.25) is 0 Å². The number of primary amides is 1. The highest BCUT2D eigenvalue weighted by atomic mass is 19.1. The van der Waals surface area contributed by atoms with Crippen LogP contribution in [-0.4, -0.2) is 29.8 Å². The number of carbonyl (C=O) groups is 2. The molecular formula is C19H21FN2O2. The van der Waals surface area contributed by atoms with E-state index in [9.17, 15) is 14.0 Å². The summed E-state index contributed by atoms with van der Waals surface area (Å²) in [6.45, 7) is 8.51. The molecule has 1 unspecified atom stereocenters. The minimum absolute atomic E-state index is 0.0783. The molecule has 24 heavy (non-hydrogen) atoms. The van der Waals surface area contributed by atoms with Crippen LogP contribution in [0.15, 0.2) is 24.3 Å². The number of halogens is 1. The molecule has 1 atom stereocenters. The summed E-state index contributed by atoms with van der Waals surface area (Å²) in [6.07, 6.45) is 2.61. The van der Waals surface area contributed by atoms with Gasteiger partial charge >= 0.3 is 0 Å². The van der Waals surface area contributed by atoms with Gasteiger partial charge in [0.05, 0.1) is 0 Å². The molecule has 0 saturated carbocycles. The zero-order chi connectivity index (χ0) is 17.6. The molecule has 2 N–H and O–H groups in total. The monoisotopic (exact) mass is 328 g/mol. The van der Waals surface area contributed by atoms with E-state index in [1.54, 1.807) is 4.90 Å². The van der Waals surface area contributed by atoms with Crippen molar-refractivity contribution >= 4 is 17.4 Å². The van der Waals surface area contributed by atoms with Crippen molar-refractivity contribution in [3.63, 3.8) is 0 Å². The molecule has 0 aromatic heterocycles. The Bertz CT molecular complexity index is 795. The second-order valence-corrected chi connectivity index (χ2v) is 6.59. The lowest BCUT2D eigenvalue weighted by Crippen LogP contribution is -2.26. The van der Waals surface area contributed by atoms with Crippen molar-refractivity contribution in [2.24, 2.45) is 5.73 Å². The van der Waals surface area contributed by atoms with E-state index < -0.39 is 11.7 Å². The molecule has 2 amide bonds. The van der Waals surface area contributed by atoms with Gasteiger partial charge in [0.2, 0.25) is 11.8 Å². The van der Waals surface area contributed by atoms with Gasteiger partial charge in [0.1, 0.15) is 5.82 Å². The van der Waals surface area contributed by atoms with Crippen molar-refractivity contribution in [3.05, 3.63) is 52.4 Å². The Morgan fingerprint density at radius 3 is 2.75 bits per heavy atom. The van der Waals surface area contributed by atoms with Gasteiger partial charge < -0.3 is 10.6 Å². The lowest BCUT2D eigenvalue weighted by atomic mass is 9.86. The lowest BCUT2D eigenvalue weighted by molar-refractivity contribution is -0.125. The highest BCUT2D eigenvalue weighted by Gasteiger charge is 2.34. The number of benzene rings is 1. The summed E-state index contributed by atoms with van der Waals surface area (Å²) >= 11 is 0. The molecule has 0 bridgehead atoms. The Hall–Kier alpha value is -2.43. The number of nitrogens with two attached hydrogens (primary N) is 1. The number of carbonyl (C=O) groups excluding carboxylic acids is 2. The summed E-state index contributed by atoms with van der Waals surface area (Å²) in [4.78, 5) is 25.2. The fourth-order valence-electron chi connectivity index (χ4n) is 3.88. The van der Waals surface area contributed by atoms with Crippen LogP contribution in [0.5, 0.6) is 0 Å². The Labute approximate surface area is 140 Å². The molecule has 1 aliphatic carbocycles. The van der Waals surface area contributed by atoms with E-state index in [4.69, 9.17) is 5.73 Å². The number of amides is 2. The molecule has 126 valence electrons. The summed E-state index contributed by atoms with van der Waals surface area (Å²) in [6, 6.07) is 1.26. The maximum absolute atomic E-state index is 14.9. The molecule has 5 heteroatoms. The maximum Gasteiger partial charge on any atom is 0.249 e. The molecule has 4 nitrogen and oxygen atoms in total. The van der Waals surface area contributed by atoms with E-state index in [2.05, 4.69) is 6.58 Å². The van der Waals surface area contributed by atoms with E-state index in [1.165, 1.54) is 12.1 Å². The van der Waals surface area contributed by atoms with Crippen LogP contribution in [0, 0.1) is 5.82 Å². The molecule has 0 radical (unpaired) electrons. The van der Waals surface area contributed by atoms with Gasteiger partial charge in [-0.2, -0.15) is 0 Å². The maximum atomic E-state index is 14.9. The van der Waals surface area contributed by atoms with Crippen molar-refractivity contribution in [1.82, 2.24) is 4.90 Å². The predicted octanol–water partition coefficient (Wildman–Crippen LogP) is 2.78. The van der Waals surface area contributed by atoms with Gasteiger partial charge in [-0.05, 0) is 55.5 Å². The summed E-state index contributed by atoms with van der Waals surface area (Å²) < 4.78 is 14.9. The van der Waals surface area contributed by atoms with E-state index in [1.807, 2.05) is 13.8 Å². The Balaban J connectivity index is 2.10. The Morgan fingerprint density at radius 2 is 2.12 bits per heavy atom.